The maximum Gasteiger partial charge on any atom is 0.257 e. The first-order chi connectivity index (χ1) is 11.2. The molecule has 1 unspecified atom stereocenters. The van der Waals surface area contributed by atoms with Crippen LogP contribution in [0.1, 0.15) is 27.9 Å². The summed E-state index contributed by atoms with van der Waals surface area (Å²) in [5, 5.41) is 3.09. The number of amides is 1. The maximum atomic E-state index is 12.5. The van der Waals surface area contributed by atoms with Crippen molar-refractivity contribution in [1.29, 1.82) is 0 Å². The molecule has 120 valence electrons. The number of rotatable bonds is 4. The van der Waals surface area contributed by atoms with Crippen molar-refractivity contribution in [1.82, 2.24) is 10.3 Å². The molecule has 1 amide bonds. The minimum Gasteiger partial charge on any atom is -0.481 e. The summed E-state index contributed by atoms with van der Waals surface area (Å²) in [6, 6.07) is 11.9. The van der Waals surface area contributed by atoms with E-state index in [9.17, 15) is 4.79 Å². The highest BCUT2D eigenvalue weighted by molar-refractivity contribution is 5.96. The first-order valence-corrected chi connectivity index (χ1v) is 7.68. The van der Waals surface area contributed by atoms with E-state index in [0.29, 0.717) is 11.4 Å². The van der Waals surface area contributed by atoms with Gasteiger partial charge in [-0.2, -0.15) is 4.98 Å². The molecule has 0 aliphatic heterocycles. The lowest BCUT2D eigenvalue weighted by Crippen LogP contribution is -2.39. The van der Waals surface area contributed by atoms with E-state index in [4.69, 9.17) is 9.47 Å². The van der Waals surface area contributed by atoms with E-state index < -0.39 is 0 Å². The average Bonchev–Trinajstić information content (AvgIpc) is 2.60. The van der Waals surface area contributed by atoms with Gasteiger partial charge in [-0.1, -0.05) is 24.3 Å². The van der Waals surface area contributed by atoms with Gasteiger partial charge in [-0.15, -0.1) is 0 Å². The van der Waals surface area contributed by atoms with Gasteiger partial charge in [0.1, 0.15) is 5.56 Å². The number of carbonyl (C=O) groups excluding carboxylic acids is 1. The Hall–Kier alpha value is -2.56. The highest BCUT2D eigenvalue weighted by Crippen LogP contribution is 2.23. The van der Waals surface area contributed by atoms with Crippen LogP contribution in [-0.2, 0) is 12.8 Å². The molecule has 1 aliphatic carbocycles. The van der Waals surface area contributed by atoms with Gasteiger partial charge in [0.05, 0.1) is 14.2 Å². The molecule has 2 aromatic rings. The zero-order valence-corrected chi connectivity index (χ0v) is 13.3. The topological polar surface area (TPSA) is 60.5 Å². The largest absolute Gasteiger partial charge is 0.481 e. The molecule has 1 aliphatic rings. The summed E-state index contributed by atoms with van der Waals surface area (Å²) in [6.07, 6.45) is 2.78. The number of nitrogens with zero attached hydrogens (tertiary/aromatic N) is 1. The molecule has 1 aromatic carbocycles. The molecule has 1 atom stereocenters. The predicted octanol–water partition coefficient (Wildman–Crippen LogP) is 2.39. The molecule has 0 saturated heterocycles. The fourth-order valence-electron chi connectivity index (χ4n) is 2.95. The van der Waals surface area contributed by atoms with Crippen molar-refractivity contribution in [3.63, 3.8) is 0 Å². The molecular formula is C18H20N2O3. The van der Waals surface area contributed by atoms with E-state index in [2.05, 4.69) is 28.5 Å². The van der Waals surface area contributed by atoms with Crippen molar-refractivity contribution in [2.45, 2.75) is 25.3 Å². The van der Waals surface area contributed by atoms with Gasteiger partial charge in [0, 0.05) is 12.1 Å². The molecule has 1 N–H and O–H groups in total. The summed E-state index contributed by atoms with van der Waals surface area (Å²) in [5.41, 5.74) is 3.11. The number of fused-ring (bicyclic) bond motifs is 1. The van der Waals surface area contributed by atoms with E-state index in [0.717, 1.165) is 19.3 Å². The minimum atomic E-state index is -0.165. The van der Waals surface area contributed by atoms with Crippen molar-refractivity contribution in [3.05, 3.63) is 53.1 Å². The number of hydrogen-bond donors (Lipinski definition) is 1. The molecule has 0 spiro atoms. The first kappa shape index (κ1) is 15.3. The first-order valence-electron chi connectivity index (χ1n) is 7.68. The van der Waals surface area contributed by atoms with Crippen LogP contribution in [0.3, 0.4) is 0 Å². The standard InChI is InChI=1S/C18H20N2O3/c1-22-16-10-9-15(18(20-16)23-2)17(21)19-14-8-7-12-5-3-4-6-13(12)11-14/h3-6,9-10,14H,7-8,11H2,1-2H3,(H,19,21). The molecule has 1 heterocycles. The lowest BCUT2D eigenvalue weighted by atomic mass is 9.88. The summed E-state index contributed by atoms with van der Waals surface area (Å²) >= 11 is 0. The van der Waals surface area contributed by atoms with Gasteiger partial charge >= 0.3 is 0 Å². The van der Waals surface area contributed by atoms with E-state index in [-0.39, 0.29) is 17.8 Å². The summed E-state index contributed by atoms with van der Waals surface area (Å²) in [4.78, 5) is 16.7. The van der Waals surface area contributed by atoms with Gasteiger partial charge < -0.3 is 14.8 Å². The number of nitrogens with one attached hydrogen (secondary N) is 1. The normalized spacial score (nSPS) is 16.3. The van der Waals surface area contributed by atoms with E-state index in [1.165, 1.54) is 25.3 Å². The summed E-state index contributed by atoms with van der Waals surface area (Å²) < 4.78 is 10.3. The van der Waals surface area contributed by atoms with Gasteiger partial charge in [0.25, 0.3) is 5.91 Å². The Balaban J connectivity index is 1.73. The Morgan fingerprint density at radius 3 is 2.65 bits per heavy atom. The third-order valence-electron chi connectivity index (χ3n) is 4.16. The smallest absolute Gasteiger partial charge is 0.257 e. The molecular weight excluding hydrogens is 292 g/mol. The monoisotopic (exact) mass is 312 g/mol. The fraction of sp³-hybridized carbons (Fsp3) is 0.333. The average molecular weight is 312 g/mol. The van der Waals surface area contributed by atoms with Gasteiger partial charge in [-0.3, -0.25) is 4.79 Å². The molecule has 3 rings (SSSR count). The van der Waals surface area contributed by atoms with Crippen LogP contribution in [0.4, 0.5) is 0 Å². The van der Waals surface area contributed by atoms with Crippen molar-refractivity contribution in [3.8, 4) is 11.8 Å². The van der Waals surface area contributed by atoms with Crippen LogP contribution in [0, 0.1) is 0 Å². The molecule has 23 heavy (non-hydrogen) atoms. The summed E-state index contributed by atoms with van der Waals surface area (Å²) in [5.74, 6) is 0.532. The number of methoxy groups -OCH3 is 2. The van der Waals surface area contributed by atoms with Crippen LogP contribution < -0.4 is 14.8 Å². The number of hydrogen-bond acceptors (Lipinski definition) is 4. The second-order valence-electron chi connectivity index (χ2n) is 5.59. The summed E-state index contributed by atoms with van der Waals surface area (Å²) in [7, 11) is 3.02. The van der Waals surface area contributed by atoms with Crippen LogP contribution >= 0.6 is 0 Å². The maximum absolute atomic E-state index is 12.5. The molecule has 5 heteroatoms. The SMILES string of the molecule is COc1ccc(C(=O)NC2CCc3ccccc3C2)c(OC)n1. The number of carbonyl (C=O) groups is 1. The second kappa shape index (κ2) is 6.69. The number of benzene rings is 1. The lowest BCUT2D eigenvalue weighted by Gasteiger charge is -2.25. The predicted molar refractivity (Wildman–Crippen MR) is 87.1 cm³/mol. The molecule has 1 aromatic heterocycles. The Morgan fingerprint density at radius 2 is 1.91 bits per heavy atom. The van der Waals surface area contributed by atoms with Gasteiger partial charge in [0.15, 0.2) is 0 Å². The van der Waals surface area contributed by atoms with Crippen molar-refractivity contribution in [2.24, 2.45) is 0 Å². The highest BCUT2D eigenvalue weighted by Gasteiger charge is 2.22. The number of aromatic nitrogens is 1. The van der Waals surface area contributed by atoms with Crippen LogP contribution in [0.15, 0.2) is 36.4 Å². The Bertz CT molecular complexity index is 715. The second-order valence-corrected chi connectivity index (χ2v) is 5.59. The number of ether oxygens (including phenoxy) is 2. The van der Waals surface area contributed by atoms with Crippen molar-refractivity contribution >= 4 is 5.91 Å². The molecule has 5 nitrogen and oxygen atoms in total. The third kappa shape index (κ3) is 3.28. The van der Waals surface area contributed by atoms with E-state index >= 15 is 0 Å². The molecule has 0 saturated carbocycles. The molecule has 0 fully saturated rings. The van der Waals surface area contributed by atoms with Gasteiger partial charge in [-0.05, 0) is 36.5 Å². The highest BCUT2D eigenvalue weighted by atomic mass is 16.5. The Labute approximate surface area is 135 Å². The zero-order valence-electron chi connectivity index (χ0n) is 13.3. The van der Waals surface area contributed by atoms with Crippen molar-refractivity contribution < 1.29 is 14.3 Å². The van der Waals surface area contributed by atoms with Crippen LogP contribution in [-0.4, -0.2) is 31.2 Å². The van der Waals surface area contributed by atoms with Gasteiger partial charge in [-0.25, -0.2) is 0 Å². The fourth-order valence-corrected chi connectivity index (χ4v) is 2.95. The Morgan fingerprint density at radius 1 is 1.13 bits per heavy atom. The van der Waals surface area contributed by atoms with Crippen molar-refractivity contribution in [2.75, 3.05) is 14.2 Å². The lowest BCUT2D eigenvalue weighted by molar-refractivity contribution is 0.0929. The number of aryl methyl sites for hydroxylation is 1. The van der Waals surface area contributed by atoms with E-state index in [1.807, 2.05) is 6.07 Å². The zero-order chi connectivity index (χ0) is 16.2. The minimum absolute atomic E-state index is 0.129. The van der Waals surface area contributed by atoms with Crippen LogP contribution in [0.5, 0.6) is 11.8 Å². The van der Waals surface area contributed by atoms with Gasteiger partial charge in [0.2, 0.25) is 11.8 Å². The quantitative estimate of drug-likeness (QED) is 0.941. The summed E-state index contributed by atoms with van der Waals surface area (Å²) in [6.45, 7) is 0. The number of pyridine rings is 1. The van der Waals surface area contributed by atoms with Crippen LogP contribution in [0.2, 0.25) is 0 Å². The third-order valence-corrected chi connectivity index (χ3v) is 4.16. The molecule has 0 radical (unpaired) electrons. The van der Waals surface area contributed by atoms with E-state index in [1.54, 1.807) is 12.1 Å². The molecule has 0 bridgehead atoms. The van der Waals surface area contributed by atoms with Crippen LogP contribution in [0.25, 0.3) is 0 Å². The Kier molecular flexibility index (Phi) is 4.46.